The molecule has 2 aromatic carbocycles. The fourth-order valence-electron chi connectivity index (χ4n) is 1.89. The van der Waals surface area contributed by atoms with Gasteiger partial charge in [0.05, 0.1) is 10.0 Å². The monoisotopic (exact) mass is 295 g/mol. The summed E-state index contributed by atoms with van der Waals surface area (Å²) in [6, 6.07) is 11.4. The number of para-hydroxylation sites is 1. The molecule has 0 aliphatic heterocycles. The maximum Gasteiger partial charge on any atom is 0.127 e. The molecule has 19 heavy (non-hydrogen) atoms. The largest absolute Gasteiger partial charge is 0.488 e. The average molecular weight is 296 g/mol. The number of nitrogens with two attached hydrogens (primary N) is 1. The van der Waals surface area contributed by atoms with Crippen LogP contribution in [0.3, 0.4) is 0 Å². The van der Waals surface area contributed by atoms with E-state index in [4.69, 9.17) is 33.7 Å². The molecule has 2 N–H and O–H groups in total. The molecule has 0 aliphatic rings. The first-order valence-corrected chi connectivity index (χ1v) is 6.73. The van der Waals surface area contributed by atoms with Crippen molar-refractivity contribution >= 4 is 23.2 Å². The zero-order valence-electron chi connectivity index (χ0n) is 10.6. The normalized spacial score (nSPS) is 10.5. The van der Waals surface area contributed by atoms with Crippen LogP contribution in [0.15, 0.2) is 36.4 Å². The summed E-state index contributed by atoms with van der Waals surface area (Å²) in [7, 11) is 0. The van der Waals surface area contributed by atoms with Crippen molar-refractivity contribution in [2.24, 2.45) is 5.73 Å². The Morgan fingerprint density at radius 1 is 1.05 bits per heavy atom. The molecule has 0 radical (unpaired) electrons. The quantitative estimate of drug-likeness (QED) is 0.911. The lowest BCUT2D eigenvalue weighted by Crippen LogP contribution is -2.04. The molecular formula is C15H15Cl2NO. The van der Waals surface area contributed by atoms with Gasteiger partial charge >= 0.3 is 0 Å². The minimum atomic E-state index is 0.372. The third-order valence-corrected chi connectivity index (χ3v) is 3.77. The van der Waals surface area contributed by atoms with Crippen molar-refractivity contribution in [3.05, 3.63) is 63.1 Å². The van der Waals surface area contributed by atoms with Gasteiger partial charge in [-0.15, -0.1) is 0 Å². The van der Waals surface area contributed by atoms with E-state index in [0.717, 1.165) is 22.4 Å². The predicted molar refractivity (Wildman–Crippen MR) is 79.9 cm³/mol. The first-order valence-electron chi connectivity index (χ1n) is 5.97. The van der Waals surface area contributed by atoms with Crippen molar-refractivity contribution < 1.29 is 4.74 Å². The van der Waals surface area contributed by atoms with Crippen LogP contribution in [0.1, 0.15) is 16.7 Å². The molecule has 0 atom stereocenters. The van der Waals surface area contributed by atoms with Crippen LogP contribution in [0, 0.1) is 6.92 Å². The van der Waals surface area contributed by atoms with Crippen LogP contribution in [-0.4, -0.2) is 0 Å². The molecule has 0 saturated heterocycles. The molecule has 4 heteroatoms. The summed E-state index contributed by atoms with van der Waals surface area (Å²) in [5.74, 6) is 0.820. The van der Waals surface area contributed by atoms with Gasteiger partial charge in [-0.05, 0) is 18.6 Å². The van der Waals surface area contributed by atoms with Gasteiger partial charge in [-0.1, -0.05) is 53.5 Å². The second-order valence-electron chi connectivity index (χ2n) is 4.27. The Labute approximate surface area is 123 Å². The standard InChI is InChI=1S/C15H15Cl2NO/c1-10-4-2-5-11(8-18)15(10)19-9-12-6-3-7-13(16)14(12)17/h2-7H,8-9,18H2,1H3. The maximum absolute atomic E-state index is 6.14. The second kappa shape index (κ2) is 6.29. The average Bonchev–Trinajstić information content (AvgIpc) is 2.41. The lowest BCUT2D eigenvalue weighted by Gasteiger charge is -2.14. The Kier molecular flexibility index (Phi) is 4.70. The summed E-state index contributed by atoms with van der Waals surface area (Å²) in [5, 5.41) is 1.07. The van der Waals surface area contributed by atoms with Gasteiger partial charge in [0.2, 0.25) is 0 Å². The molecule has 2 aromatic rings. The van der Waals surface area contributed by atoms with E-state index in [1.54, 1.807) is 6.07 Å². The summed E-state index contributed by atoms with van der Waals surface area (Å²) < 4.78 is 5.86. The van der Waals surface area contributed by atoms with E-state index in [0.29, 0.717) is 23.2 Å². The van der Waals surface area contributed by atoms with Gasteiger partial charge < -0.3 is 10.5 Å². The SMILES string of the molecule is Cc1cccc(CN)c1OCc1cccc(Cl)c1Cl. The van der Waals surface area contributed by atoms with Crippen molar-refractivity contribution in [1.82, 2.24) is 0 Å². The summed E-state index contributed by atoms with van der Waals surface area (Å²) in [5.41, 5.74) is 8.62. The van der Waals surface area contributed by atoms with Crippen LogP contribution >= 0.6 is 23.2 Å². The first kappa shape index (κ1) is 14.2. The second-order valence-corrected chi connectivity index (χ2v) is 5.05. The van der Waals surface area contributed by atoms with Gasteiger partial charge in [-0.25, -0.2) is 0 Å². The summed E-state index contributed by atoms with van der Waals surface area (Å²) in [6.45, 7) is 2.81. The Bertz CT molecular complexity index is 584. The minimum Gasteiger partial charge on any atom is -0.488 e. The number of hydrogen-bond acceptors (Lipinski definition) is 2. The topological polar surface area (TPSA) is 35.2 Å². The highest BCUT2D eigenvalue weighted by molar-refractivity contribution is 6.42. The number of halogens is 2. The molecule has 0 fully saturated rings. The van der Waals surface area contributed by atoms with Crippen molar-refractivity contribution in [2.75, 3.05) is 0 Å². The molecule has 0 saturated carbocycles. The molecule has 0 aromatic heterocycles. The van der Waals surface area contributed by atoms with Crippen LogP contribution in [0.4, 0.5) is 0 Å². The van der Waals surface area contributed by atoms with Crippen LogP contribution < -0.4 is 10.5 Å². The Balaban J connectivity index is 2.21. The van der Waals surface area contributed by atoms with Crippen LogP contribution in [0.5, 0.6) is 5.75 Å². The molecule has 2 rings (SSSR count). The lowest BCUT2D eigenvalue weighted by molar-refractivity contribution is 0.301. The highest BCUT2D eigenvalue weighted by atomic mass is 35.5. The molecule has 0 spiro atoms. The van der Waals surface area contributed by atoms with Crippen molar-refractivity contribution in [2.45, 2.75) is 20.1 Å². The zero-order valence-corrected chi connectivity index (χ0v) is 12.1. The van der Waals surface area contributed by atoms with Crippen molar-refractivity contribution in [3.8, 4) is 5.75 Å². The smallest absolute Gasteiger partial charge is 0.127 e. The summed E-state index contributed by atoms with van der Waals surface area (Å²) in [4.78, 5) is 0. The van der Waals surface area contributed by atoms with E-state index in [1.807, 2.05) is 37.3 Å². The molecule has 100 valence electrons. The van der Waals surface area contributed by atoms with Gasteiger partial charge in [-0.3, -0.25) is 0 Å². The number of rotatable bonds is 4. The highest BCUT2D eigenvalue weighted by Gasteiger charge is 2.09. The number of aryl methyl sites for hydroxylation is 1. The van der Waals surface area contributed by atoms with Crippen molar-refractivity contribution in [1.29, 1.82) is 0 Å². The van der Waals surface area contributed by atoms with E-state index < -0.39 is 0 Å². The first-order chi connectivity index (χ1) is 9.13. The number of ether oxygens (including phenoxy) is 1. The zero-order chi connectivity index (χ0) is 13.8. The summed E-state index contributed by atoms with van der Waals surface area (Å²) in [6.07, 6.45) is 0. The Hall–Kier alpha value is -1.22. The third-order valence-electron chi connectivity index (χ3n) is 2.92. The van der Waals surface area contributed by atoms with Crippen LogP contribution in [-0.2, 0) is 13.2 Å². The molecular weight excluding hydrogens is 281 g/mol. The van der Waals surface area contributed by atoms with Crippen molar-refractivity contribution in [3.63, 3.8) is 0 Å². The van der Waals surface area contributed by atoms with Gasteiger partial charge in [-0.2, -0.15) is 0 Å². The van der Waals surface area contributed by atoms with E-state index >= 15 is 0 Å². The molecule has 0 amide bonds. The highest BCUT2D eigenvalue weighted by Crippen LogP contribution is 2.28. The van der Waals surface area contributed by atoms with E-state index in [9.17, 15) is 0 Å². The molecule has 0 unspecified atom stereocenters. The van der Waals surface area contributed by atoms with E-state index in [-0.39, 0.29) is 0 Å². The summed E-state index contributed by atoms with van der Waals surface area (Å²) >= 11 is 12.1. The maximum atomic E-state index is 6.14. The van der Waals surface area contributed by atoms with Gasteiger partial charge in [0.15, 0.2) is 0 Å². The molecule has 0 heterocycles. The van der Waals surface area contributed by atoms with Gasteiger partial charge in [0.1, 0.15) is 12.4 Å². The molecule has 0 aliphatic carbocycles. The third kappa shape index (κ3) is 3.21. The number of benzene rings is 2. The van der Waals surface area contributed by atoms with Crippen LogP contribution in [0.25, 0.3) is 0 Å². The van der Waals surface area contributed by atoms with E-state index in [1.165, 1.54) is 0 Å². The predicted octanol–water partition coefficient (Wildman–Crippen LogP) is 4.34. The van der Waals surface area contributed by atoms with Gasteiger partial charge in [0, 0.05) is 17.7 Å². The lowest BCUT2D eigenvalue weighted by atomic mass is 10.1. The van der Waals surface area contributed by atoms with E-state index in [2.05, 4.69) is 0 Å². The Morgan fingerprint density at radius 2 is 1.74 bits per heavy atom. The minimum absolute atomic E-state index is 0.372. The Morgan fingerprint density at radius 3 is 2.47 bits per heavy atom. The van der Waals surface area contributed by atoms with Crippen LogP contribution in [0.2, 0.25) is 10.0 Å². The molecule has 2 nitrogen and oxygen atoms in total. The number of hydrogen-bond donors (Lipinski definition) is 1. The molecule has 0 bridgehead atoms. The fourth-order valence-corrected chi connectivity index (χ4v) is 2.27. The van der Waals surface area contributed by atoms with Gasteiger partial charge in [0.25, 0.3) is 0 Å². The fraction of sp³-hybridized carbons (Fsp3) is 0.200.